The predicted octanol–water partition coefficient (Wildman–Crippen LogP) is 3.84. The summed E-state index contributed by atoms with van der Waals surface area (Å²) >= 11 is 1.50. The first-order chi connectivity index (χ1) is 8.29. The number of fused-ring (bicyclic) bond motifs is 1. The Morgan fingerprint density at radius 2 is 2.18 bits per heavy atom. The Morgan fingerprint density at radius 1 is 1.29 bits per heavy atom. The van der Waals surface area contributed by atoms with Crippen LogP contribution in [0.15, 0.2) is 18.2 Å². The molecule has 0 unspecified atom stereocenters. The molecule has 0 atom stereocenters. The van der Waals surface area contributed by atoms with Crippen molar-refractivity contribution >= 4 is 26.7 Å². The molecule has 4 heteroatoms. The van der Waals surface area contributed by atoms with Crippen LogP contribution in [0.25, 0.3) is 10.2 Å². The van der Waals surface area contributed by atoms with Gasteiger partial charge in [0.15, 0.2) is 5.13 Å². The standard InChI is InChI=1S/C13H18N2OS/c1-2-3-4-5-8-16-10-6-7-11-12(9-10)17-13(14)15-11/h6-7,9H,2-5,8H2,1H3,(H2,14,15). The summed E-state index contributed by atoms with van der Waals surface area (Å²) in [6.07, 6.45) is 4.91. The first-order valence-corrected chi connectivity index (χ1v) is 6.90. The first-order valence-electron chi connectivity index (χ1n) is 6.08. The van der Waals surface area contributed by atoms with Gasteiger partial charge in [0.05, 0.1) is 16.8 Å². The molecule has 0 amide bonds. The van der Waals surface area contributed by atoms with E-state index in [1.165, 1.54) is 30.6 Å². The highest BCUT2D eigenvalue weighted by Crippen LogP contribution is 2.27. The Balaban J connectivity index is 1.90. The molecule has 0 fully saturated rings. The number of hydrogen-bond acceptors (Lipinski definition) is 4. The lowest BCUT2D eigenvalue weighted by atomic mass is 10.2. The molecular formula is C13H18N2OS. The number of thiazole rings is 1. The molecule has 92 valence electrons. The van der Waals surface area contributed by atoms with Gasteiger partial charge in [0.1, 0.15) is 5.75 Å². The molecule has 2 rings (SSSR count). The SMILES string of the molecule is CCCCCCOc1ccc2nc(N)sc2c1. The fraction of sp³-hybridized carbons (Fsp3) is 0.462. The van der Waals surface area contributed by atoms with Crippen molar-refractivity contribution in [2.75, 3.05) is 12.3 Å². The summed E-state index contributed by atoms with van der Waals surface area (Å²) in [7, 11) is 0. The number of nitrogens with two attached hydrogens (primary N) is 1. The Morgan fingerprint density at radius 3 is 3.00 bits per heavy atom. The number of ether oxygens (including phenoxy) is 1. The van der Waals surface area contributed by atoms with Crippen LogP contribution in [0.5, 0.6) is 5.75 Å². The zero-order valence-electron chi connectivity index (χ0n) is 10.1. The van der Waals surface area contributed by atoms with Crippen molar-refractivity contribution in [2.45, 2.75) is 32.6 Å². The van der Waals surface area contributed by atoms with Crippen LogP contribution in [-0.2, 0) is 0 Å². The maximum absolute atomic E-state index is 5.71. The first kappa shape index (κ1) is 12.2. The quantitative estimate of drug-likeness (QED) is 0.792. The summed E-state index contributed by atoms with van der Waals surface area (Å²) in [5.74, 6) is 0.914. The van der Waals surface area contributed by atoms with Gasteiger partial charge in [-0.2, -0.15) is 0 Å². The molecule has 1 aromatic heterocycles. The summed E-state index contributed by atoms with van der Waals surface area (Å²) < 4.78 is 6.80. The van der Waals surface area contributed by atoms with Crippen molar-refractivity contribution in [2.24, 2.45) is 0 Å². The molecule has 3 nitrogen and oxygen atoms in total. The number of nitrogens with zero attached hydrogens (tertiary/aromatic N) is 1. The van der Waals surface area contributed by atoms with E-state index in [1.54, 1.807) is 0 Å². The van der Waals surface area contributed by atoms with Crippen molar-refractivity contribution in [3.63, 3.8) is 0 Å². The largest absolute Gasteiger partial charge is 0.494 e. The van der Waals surface area contributed by atoms with Gasteiger partial charge in [0.2, 0.25) is 0 Å². The molecule has 0 aliphatic heterocycles. The number of aromatic nitrogens is 1. The van der Waals surface area contributed by atoms with Gasteiger partial charge in [-0.3, -0.25) is 0 Å². The van der Waals surface area contributed by atoms with E-state index >= 15 is 0 Å². The number of rotatable bonds is 6. The summed E-state index contributed by atoms with van der Waals surface area (Å²) in [6.45, 7) is 3.00. The Labute approximate surface area is 106 Å². The van der Waals surface area contributed by atoms with Crippen LogP contribution >= 0.6 is 11.3 Å². The molecule has 0 radical (unpaired) electrons. The number of anilines is 1. The van der Waals surface area contributed by atoms with Gasteiger partial charge < -0.3 is 10.5 Å². The van der Waals surface area contributed by atoms with Crippen molar-refractivity contribution in [3.8, 4) is 5.75 Å². The highest BCUT2D eigenvalue weighted by Gasteiger charge is 2.02. The summed E-state index contributed by atoms with van der Waals surface area (Å²) in [6, 6.07) is 5.94. The molecule has 17 heavy (non-hydrogen) atoms. The van der Waals surface area contributed by atoms with Gasteiger partial charge in [0, 0.05) is 0 Å². The van der Waals surface area contributed by atoms with Crippen molar-refractivity contribution in [3.05, 3.63) is 18.2 Å². The smallest absolute Gasteiger partial charge is 0.181 e. The maximum atomic E-state index is 5.71. The van der Waals surface area contributed by atoms with E-state index in [0.717, 1.165) is 29.0 Å². The van der Waals surface area contributed by atoms with Gasteiger partial charge in [-0.05, 0) is 24.6 Å². The molecule has 1 aromatic carbocycles. The minimum absolute atomic E-state index is 0.611. The Hall–Kier alpha value is -1.29. The number of nitrogen functional groups attached to an aromatic ring is 1. The van der Waals surface area contributed by atoms with E-state index in [1.807, 2.05) is 18.2 Å². The van der Waals surface area contributed by atoms with Crippen molar-refractivity contribution < 1.29 is 4.74 Å². The second-order valence-corrected chi connectivity index (χ2v) is 5.15. The molecule has 2 N–H and O–H groups in total. The molecule has 0 saturated heterocycles. The highest BCUT2D eigenvalue weighted by molar-refractivity contribution is 7.22. The number of unbranched alkanes of at least 4 members (excludes halogenated alkanes) is 3. The molecule has 0 saturated carbocycles. The van der Waals surface area contributed by atoms with Crippen LogP contribution in [0.4, 0.5) is 5.13 Å². The molecule has 0 spiro atoms. The van der Waals surface area contributed by atoms with E-state index in [4.69, 9.17) is 10.5 Å². The lowest BCUT2D eigenvalue weighted by Crippen LogP contribution is -1.96. The average Bonchev–Trinajstić information content (AvgIpc) is 2.68. The van der Waals surface area contributed by atoms with E-state index < -0.39 is 0 Å². The minimum atomic E-state index is 0.611. The van der Waals surface area contributed by atoms with E-state index in [-0.39, 0.29) is 0 Å². The average molecular weight is 250 g/mol. The van der Waals surface area contributed by atoms with Gasteiger partial charge in [-0.1, -0.05) is 37.5 Å². The normalized spacial score (nSPS) is 10.9. The summed E-state index contributed by atoms with van der Waals surface area (Å²) in [5, 5.41) is 0.611. The van der Waals surface area contributed by atoms with Gasteiger partial charge in [-0.25, -0.2) is 4.98 Å². The van der Waals surface area contributed by atoms with Gasteiger partial charge in [-0.15, -0.1) is 0 Å². The van der Waals surface area contributed by atoms with E-state index in [2.05, 4.69) is 11.9 Å². The zero-order valence-corrected chi connectivity index (χ0v) is 10.9. The zero-order chi connectivity index (χ0) is 12.1. The topological polar surface area (TPSA) is 48.1 Å². The Bertz CT molecular complexity index is 481. The third kappa shape index (κ3) is 3.33. The molecular weight excluding hydrogens is 232 g/mol. The molecule has 0 aliphatic rings. The van der Waals surface area contributed by atoms with Crippen LogP contribution in [-0.4, -0.2) is 11.6 Å². The van der Waals surface area contributed by atoms with E-state index in [9.17, 15) is 0 Å². The molecule has 2 aromatic rings. The molecule has 1 heterocycles. The summed E-state index contributed by atoms with van der Waals surface area (Å²) in [5.41, 5.74) is 6.61. The van der Waals surface area contributed by atoms with Crippen LogP contribution in [0.1, 0.15) is 32.6 Å². The van der Waals surface area contributed by atoms with Gasteiger partial charge in [0.25, 0.3) is 0 Å². The predicted molar refractivity (Wildman–Crippen MR) is 73.7 cm³/mol. The van der Waals surface area contributed by atoms with E-state index in [0.29, 0.717) is 5.13 Å². The number of hydrogen-bond donors (Lipinski definition) is 1. The van der Waals surface area contributed by atoms with Crippen LogP contribution in [0, 0.1) is 0 Å². The minimum Gasteiger partial charge on any atom is -0.494 e. The van der Waals surface area contributed by atoms with Crippen LogP contribution in [0.2, 0.25) is 0 Å². The lowest BCUT2D eigenvalue weighted by Gasteiger charge is -2.05. The fourth-order valence-corrected chi connectivity index (χ4v) is 2.49. The number of benzene rings is 1. The van der Waals surface area contributed by atoms with Crippen LogP contribution < -0.4 is 10.5 Å². The van der Waals surface area contributed by atoms with Crippen molar-refractivity contribution in [1.82, 2.24) is 4.98 Å². The lowest BCUT2D eigenvalue weighted by molar-refractivity contribution is 0.305. The van der Waals surface area contributed by atoms with Crippen molar-refractivity contribution in [1.29, 1.82) is 0 Å². The third-order valence-corrected chi connectivity index (χ3v) is 3.49. The maximum Gasteiger partial charge on any atom is 0.181 e. The fourth-order valence-electron chi connectivity index (χ4n) is 1.73. The Kier molecular flexibility index (Phi) is 4.20. The highest BCUT2D eigenvalue weighted by atomic mass is 32.1. The molecule has 0 bridgehead atoms. The second-order valence-electron chi connectivity index (χ2n) is 4.09. The molecule has 0 aliphatic carbocycles. The third-order valence-electron chi connectivity index (χ3n) is 2.64. The summed E-state index contributed by atoms with van der Waals surface area (Å²) in [4.78, 5) is 4.22. The van der Waals surface area contributed by atoms with Gasteiger partial charge >= 0.3 is 0 Å². The second kappa shape index (κ2) is 5.87. The monoisotopic (exact) mass is 250 g/mol. The van der Waals surface area contributed by atoms with Crippen LogP contribution in [0.3, 0.4) is 0 Å².